The lowest BCUT2D eigenvalue weighted by atomic mass is 9.71. The molecule has 3 nitrogen and oxygen atoms in total. The van der Waals surface area contributed by atoms with Crippen molar-refractivity contribution < 1.29 is 0 Å². The molecule has 1 aromatic carbocycles. The zero-order valence-corrected chi connectivity index (χ0v) is 12.2. The molecular formula is C16H25N3. The van der Waals surface area contributed by atoms with Crippen LogP contribution in [0.25, 0.3) is 0 Å². The minimum atomic E-state index is 0.123. The number of rotatable bonds is 3. The molecule has 3 heteroatoms. The molecule has 0 bridgehead atoms. The van der Waals surface area contributed by atoms with Gasteiger partial charge in [-0.2, -0.15) is 0 Å². The third-order valence-electron chi connectivity index (χ3n) is 3.88. The Hall–Kier alpha value is -1.51. The van der Waals surface area contributed by atoms with Crippen LogP contribution in [0.5, 0.6) is 0 Å². The van der Waals surface area contributed by atoms with Crippen LogP contribution in [0.3, 0.4) is 0 Å². The number of benzene rings is 1. The summed E-state index contributed by atoms with van der Waals surface area (Å²) >= 11 is 0. The number of aryl methyl sites for hydroxylation is 1. The number of hydrogen-bond donors (Lipinski definition) is 2. The molecule has 1 aliphatic carbocycles. The zero-order valence-electron chi connectivity index (χ0n) is 12.2. The fourth-order valence-corrected chi connectivity index (χ4v) is 2.90. The Balaban J connectivity index is 2.16. The summed E-state index contributed by atoms with van der Waals surface area (Å²) in [6.45, 7) is 7.20. The minimum Gasteiger partial charge on any atom is -0.370 e. The van der Waals surface area contributed by atoms with Gasteiger partial charge in [0.2, 0.25) is 0 Å². The molecule has 0 radical (unpaired) electrons. The summed E-state index contributed by atoms with van der Waals surface area (Å²) in [5.41, 5.74) is 8.95. The Bertz CT molecular complexity index is 465. The number of fused-ring (bicyclic) bond motifs is 1. The van der Waals surface area contributed by atoms with E-state index in [0.717, 1.165) is 6.54 Å². The average molecular weight is 259 g/mol. The fourth-order valence-electron chi connectivity index (χ4n) is 2.90. The molecule has 3 N–H and O–H groups in total. The van der Waals surface area contributed by atoms with Crippen LogP contribution in [0, 0.1) is 0 Å². The molecule has 0 aliphatic heterocycles. The first-order valence-electron chi connectivity index (χ1n) is 7.16. The Labute approximate surface area is 116 Å². The second-order valence-corrected chi connectivity index (χ2v) is 6.07. The van der Waals surface area contributed by atoms with Crippen molar-refractivity contribution in [3.63, 3.8) is 0 Å². The number of aliphatic imine (C=N–C) groups is 1. The molecule has 1 unspecified atom stereocenters. The van der Waals surface area contributed by atoms with Gasteiger partial charge in [0.05, 0.1) is 6.54 Å². The molecular weight excluding hydrogens is 234 g/mol. The van der Waals surface area contributed by atoms with Crippen molar-refractivity contribution in [2.24, 2.45) is 10.7 Å². The zero-order chi connectivity index (χ0) is 13.9. The van der Waals surface area contributed by atoms with Gasteiger partial charge in [-0.3, -0.25) is 4.99 Å². The van der Waals surface area contributed by atoms with Gasteiger partial charge in [0.1, 0.15) is 0 Å². The van der Waals surface area contributed by atoms with E-state index in [2.05, 4.69) is 55.3 Å². The molecule has 1 atom stereocenters. The van der Waals surface area contributed by atoms with E-state index in [-0.39, 0.29) is 5.41 Å². The van der Waals surface area contributed by atoms with Crippen LogP contribution in [0.2, 0.25) is 0 Å². The van der Waals surface area contributed by atoms with E-state index in [1.54, 1.807) is 0 Å². The number of nitrogens with two attached hydrogens (primary N) is 1. The largest absolute Gasteiger partial charge is 0.370 e. The summed E-state index contributed by atoms with van der Waals surface area (Å²) in [7, 11) is 0. The van der Waals surface area contributed by atoms with Gasteiger partial charge in [-0.25, -0.2) is 0 Å². The number of hydrogen-bond acceptors (Lipinski definition) is 1. The van der Waals surface area contributed by atoms with Gasteiger partial charge in [0.15, 0.2) is 5.96 Å². The number of guanidine groups is 1. The third kappa shape index (κ3) is 3.28. The Morgan fingerprint density at radius 2 is 2.16 bits per heavy atom. The summed E-state index contributed by atoms with van der Waals surface area (Å²) in [6.07, 6.45) is 3.61. The van der Waals surface area contributed by atoms with Crippen molar-refractivity contribution in [3.05, 3.63) is 35.4 Å². The van der Waals surface area contributed by atoms with Gasteiger partial charge in [0.25, 0.3) is 0 Å². The van der Waals surface area contributed by atoms with Crippen LogP contribution in [0.15, 0.2) is 29.3 Å². The second kappa shape index (κ2) is 5.64. The highest BCUT2D eigenvalue weighted by atomic mass is 15.1. The maximum absolute atomic E-state index is 5.91. The van der Waals surface area contributed by atoms with Crippen LogP contribution < -0.4 is 11.1 Å². The van der Waals surface area contributed by atoms with Gasteiger partial charge in [0, 0.05) is 11.5 Å². The highest BCUT2D eigenvalue weighted by Crippen LogP contribution is 2.37. The Morgan fingerprint density at radius 1 is 1.42 bits per heavy atom. The average Bonchev–Trinajstić information content (AvgIpc) is 2.36. The first kappa shape index (κ1) is 13.9. The fraction of sp³-hybridized carbons (Fsp3) is 0.562. The predicted molar refractivity (Wildman–Crippen MR) is 81.5 cm³/mol. The van der Waals surface area contributed by atoms with E-state index in [1.807, 2.05) is 0 Å². The van der Waals surface area contributed by atoms with Crippen molar-refractivity contribution in [2.75, 3.05) is 6.54 Å². The van der Waals surface area contributed by atoms with Gasteiger partial charge in [-0.1, -0.05) is 31.2 Å². The SMILES string of the molecule is CC(C)NC(N)=NCC1(C)CCCc2ccccc21. The summed E-state index contributed by atoms with van der Waals surface area (Å²) < 4.78 is 0. The lowest BCUT2D eigenvalue weighted by Crippen LogP contribution is -2.39. The lowest BCUT2D eigenvalue weighted by Gasteiger charge is -2.35. The van der Waals surface area contributed by atoms with E-state index >= 15 is 0 Å². The van der Waals surface area contributed by atoms with E-state index in [9.17, 15) is 0 Å². The van der Waals surface area contributed by atoms with E-state index in [4.69, 9.17) is 5.73 Å². The maximum Gasteiger partial charge on any atom is 0.188 e. The van der Waals surface area contributed by atoms with Gasteiger partial charge in [-0.05, 0) is 44.2 Å². The minimum absolute atomic E-state index is 0.123. The maximum atomic E-state index is 5.91. The molecule has 0 fully saturated rings. The van der Waals surface area contributed by atoms with Crippen LogP contribution in [-0.2, 0) is 11.8 Å². The number of nitrogens with one attached hydrogen (secondary N) is 1. The molecule has 19 heavy (non-hydrogen) atoms. The molecule has 0 spiro atoms. The molecule has 104 valence electrons. The molecule has 1 aliphatic rings. The topological polar surface area (TPSA) is 50.4 Å². The van der Waals surface area contributed by atoms with Crippen molar-refractivity contribution in [1.29, 1.82) is 0 Å². The second-order valence-electron chi connectivity index (χ2n) is 6.07. The van der Waals surface area contributed by atoms with Gasteiger partial charge in [-0.15, -0.1) is 0 Å². The van der Waals surface area contributed by atoms with Crippen LogP contribution in [0.4, 0.5) is 0 Å². The van der Waals surface area contributed by atoms with Crippen molar-refractivity contribution >= 4 is 5.96 Å². The molecule has 0 saturated heterocycles. The molecule has 0 heterocycles. The standard InChI is InChI=1S/C16H25N3/c1-12(2)19-15(17)18-11-16(3)10-6-8-13-7-4-5-9-14(13)16/h4-5,7,9,12H,6,8,10-11H2,1-3H3,(H3,17,18,19). The lowest BCUT2D eigenvalue weighted by molar-refractivity contribution is 0.404. The normalized spacial score (nSPS) is 23.3. The third-order valence-corrected chi connectivity index (χ3v) is 3.88. The molecule has 2 rings (SSSR count). The Morgan fingerprint density at radius 3 is 2.89 bits per heavy atom. The van der Waals surface area contributed by atoms with Crippen molar-refractivity contribution in [1.82, 2.24) is 5.32 Å². The van der Waals surface area contributed by atoms with E-state index < -0.39 is 0 Å². The van der Waals surface area contributed by atoms with E-state index in [1.165, 1.54) is 30.4 Å². The molecule has 1 aromatic rings. The summed E-state index contributed by atoms with van der Waals surface area (Å²) in [4.78, 5) is 4.54. The highest BCUT2D eigenvalue weighted by molar-refractivity contribution is 5.78. The number of nitrogens with zero attached hydrogens (tertiary/aromatic N) is 1. The smallest absolute Gasteiger partial charge is 0.188 e. The predicted octanol–water partition coefficient (Wildman–Crippen LogP) is 2.59. The van der Waals surface area contributed by atoms with Crippen LogP contribution in [0.1, 0.15) is 44.7 Å². The van der Waals surface area contributed by atoms with E-state index in [0.29, 0.717) is 12.0 Å². The van der Waals surface area contributed by atoms with Crippen molar-refractivity contribution in [3.8, 4) is 0 Å². The summed E-state index contributed by atoms with van der Waals surface area (Å²) in [5.74, 6) is 0.555. The summed E-state index contributed by atoms with van der Waals surface area (Å²) in [6, 6.07) is 9.07. The quantitative estimate of drug-likeness (QED) is 0.647. The molecule has 0 amide bonds. The monoisotopic (exact) mass is 259 g/mol. The van der Waals surface area contributed by atoms with Gasteiger partial charge >= 0.3 is 0 Å². The van der Waals surface area contributed by atoms with Crippen LogP contribution >= 0.6 is 0 Å². The molecule has 0 aromatic heterocycles. The highest BCUT2D eigenvalue weighted by Gasteiger charge is 2.31. The van der Waals surface area contributed by atoms with Gasteiger partial charge < -0.3 is 11.1 Å². The first-order valence-corrected chi connectivity index (χ1v) is 7.16. The van der Waals surface area contributed by atoms with Crippen LogP contribution in [-0.4, -0.2) is 18.5 Å². The first-order chi connectivity index (χ1) is 9.01. The van der Waals surface area contributed by atoms with Crippen molar-refractivity contribution in [2.45, 2.75) is 51.5 Å². The summed E-state index contributed by atoms with van der Waals surface area (Å²) in [5, 5.41) is 3.15. The Kier molecular flexibility index (Phi) is 4.13. The molecule has 0 saturated carbocycles.